The highest BCUT2D eigenvalue weighted by Crippen LogP contribution is 1.97. The first kappa shape index (κ1) is 8.68. The van der Waals surface area contributed by atoms with E-state index in [9.17, 15) is 9.59 Å². The van der Waals surface area contributed by atoms with E-state index in [1.165, 1.54) is 0 Å². The lowest BCUT2D eigenvalue weighted by Crippen LogP contribution is -2.14. The molecule has 4 nitrogen and oxygen atoms in total. The van der Waals surface area contributed by atoms with Gasteiger partial charge in [-0.25, -0.2) is 4.79 Å². The van der Waals surface area contributed by atoms with E-state index in [0.717, 1.165) is 6.08 Å². The van der Waals surface area contributed by atoms with Crippen molar-refractivity contribution in [1.29, 1.82) is 0 Å². The minimum Gasteiger partial charge on any atom is -0.478 e. The van der Waals surface area contributed by atoms with Crippen LogP contribution in [0.25, 0.3) is 0 Å². The summed E-state index contributed by atoms with van der Waals surface area (Å²) in [6.07, 6.45) is 1.17. The highest BCUT2D eigenvalue weighted by molar-refractivity contribution is 5.97. The van der Waals surface area contributed by atoms with Gasteiger partial charge in [-0.3, -0.25) is 4.79 Å². The Morgan fingerprint density at radius 3 is 2.20 bits per heavy atom. The Labute approximate surface area is 58.3 Å². The molecule has 0 unspecified atom stereocenters. The molecular formula is C6H9NO3. The number of carbonyl (C=O) groups is 2. The van der Waals surface area contributed by atoms with E-state index in [1.807, 2.05) is 0 Å². The van der Waals surface area contributed by atoms with E-state index in [-0.39, 0.29) is 5.57 Å². The van der Waals surface area contributed by atoms with Crippen LogP contribution >= 0.6 is 0 Å². The van der Waals surface area contributed by atoms with Crippen LogP contribution in [0, 0.1) is 0 Å². The summed E-state index contributed by atoms with van der Waals surface area (Å²) in [6, 6.07) is 0. The molecule has 0 fully saturated rings. The average Bonchev–Trinajstić information content (AvgIpc) is 1.81. The third kappa shape index (κ3) is 2.86. The van der Waals surface area contributed by atoms with Gasteiger partial charge in [-0.05, 0) is 6.42 Å². The Morgan fingerprint density at radius 1 is 1.60 bits per heavy atom. The van der Waals surface area contributed by atoms with E-state index < -0.39 is 11.9 Å². The van der Waals surface area contributed by atoms with Crippen LogP contribution in [-0.2, 0) is 9.59 Å². The van der Waals surface area contributed by atoms with Crippen molar-refractivity contribution >= 4 is 11.9 Å². The molecule has 0 radical (unpaired) electrons. The maximum absolute atomic E-state index is 10.4. The first-order valence-corrected chi connectivity index (χ1v) is 2.81. The van der Waals surface area contributed by atoms with Crippen molar-refractivity contribution in [2.24, 2.45) is 5.73 Å². The molecule has 1 amide bonds. The van der Waals surface area contributed by atoms with Gasteiger partial charge in [0, 0.05) is 11.6 Å². The molecule has 0 aliphatic heterocycles. The minimum atomic E-state index is -1.14. The quantitative estimate of drug-likeness (QED) is 0.541. The molecular weight excluding hydrogens is 134 g/mol. The summed E-state index contributed by atoms with van der Waals surface area (Å²) in [5.41, 5.74) is 4.96. The fourth-order valence-corrected chi connectivity index (χ4v) is 0.496. The number of carbonyl (C=O) groups excluding carboxylic acids is 1. The first-order chi connectivity index (χ1) is 4.57. The number of amides is 1. The zero-order chi connectivity index (χ0) is 8.15. The predicted octanol–water partition coefficient (Wildman–Crippen LogP) is -0.107. The fraction of sp³-hybridized carbons (Fsp3) is 0.333. The fourth-order valence-electron chi connectivity index (χ4n) is 0.496. The second-order valence-corrected chi connectivity index (χ2v) is 1.73. The molecule has 0 saturated carbocycles. The number of rotatable bonds is 3. The van der Waals surface area contributed by atoms with E-state index >= 15 is 0 Å². The number of nitrogens with two attached hydrogens (primary N) is 1. The monoisotopic (exact) mass is 143 g/mol. The average molecular weight is 143 g/mol. The Morgan fingerprint density at radius 2 is 2.10 bits per heavy atom. The molecule has 0 saturated heterocycles. The van der Waals surface area contributed by atoms with Crippen molar-refractivity contribution in [2.75, 3.05) is 0 Å². The normalized spacial score (nSPS) is 11.1. The van der Waals surface area contributed by atoms with Crippen molar-refractivity contribution in [3.8, 4) is 0 Å². The highest BCUT2D eigenvalue weighted by atomic mass is 16.4. The van der Waals surface area contributed by atoms with E-state index in [1.54, 1.807) is 6.92 Å². The second kappa shape index (κ2) is 3.66. The van der Waals surface area contributed by atoms with Gasteiger partial charge in [0.05, 0.1) is 0 Å². The largest absolute Gasteiger partial charge is 0.478 e. The van der Waals surface area contributed by atoms with Crippen LogP contribution in [-0.4, -0.2) is 17.0 Å². The molecule has 0 heterocycles. The molecule has 0 rings (SSSR count). The van der Waals surface area contributed by atoms with E-state index in [2.05, 4.69) is 0 Å². The zero-order valence-electron chi connectivity index (χ0n) is 5.63. The zero-order valence-corrected chi connectivity index (χ0v) is 5.63. The highest BCUT2D eigenvalue weighted by Gasteiger charge is 2.02. The van der Waals surface area contributed by atoms with E-state index in [0.29, 0.717) is 6.42 Å². The molecule has 0 atom stereocenters. The van der Waals surface area contributed by atoms with Gasteiger partial charge in [-0.1, -0.05) is 6.92 Å². The van der Waals surface area contributed by atoms with Gasteiger partial charge < -0.3 is 10.8 Å². The molecule has 3 N–H and O–H groups in total. The smallest absolute Gasteiger partial charge is 0.328 e. The second-order valence-electron chi connectivity index (χ2n) is 1.73. The summed E-state index contributed by atoms with van der Waals surface area (Å²) in [4.78, 5) is 20.3. The lowest BCUT2D eigenvalue weighted by molar-refractivity contribution is -0.131. The number of hydrogen-bond donors (Lipinski definition) is 2. The summed E-state index contributed by atoms with van der Waals surface area (Å²) >= 11 is 0. The number of carboxylic acids is 1. The maximum Gasteiger partial charge on any atom is 0.328 e. The van der Waals surface area contributed by atoms with Crippen LogP contribution in [0.1, 0.15) is 13.3 Å². The van der Waals surface area contributed by atoms with E-state index in [4.69, 9.17) is 10.8 Å². The van der Waals surface area contributed by atoms with Gasteiger partial charge in [0.1, 0.15) is 0 Å². The van der Waals surface area contributed by atoms with Crippen LogP contribution < -0.4 is 5.73 Å². The summed E-state index contributed by atoms with van der Waals surface area (Å²) in [6.45, 7) is 1.67. The molecule has 0 aromatic rings. The van der Waals surface area contributed by atoms with Crippen molar-refractivity contribution in [3.63, 3.8) is 0 Å². The van der Waals surface area contributed by atoms with Crippen LogP contribution in [0.4, 0.5) is 0 Å². The van der Waals surface area contributed by atoms with Gasteiger partial charge in [0.25, 0.3) is 0 Å². The molecule has 0 aromatic carbocycles. The lowest BCUT2D eigenvalue weighted by Gasteiger charge is -1.93. The lowest BCUT2D eigenvalue weighted by atomic mass is 10.2. The summed E-state index contributed by atoms with van der Waals surface area (Å²) in [5, 5.41) is 8.18. The number of carboxylic acid groups (broad SMARTS) is 1. The Balaban J connectivity index is 4.34. The van der Waals surface area contributed by atoms with Crippen molar-refractivity contribution in [2.45, 2.75) is 13.3 Å². The van der Waals surface area contributed by atoms with Crippen molar-refractivity contribution in [1.82, 2.24) is 0 Å². The number of aliphatic carboxylic acids is 1. The van der Waals surface area contributed by atoms with Gasteiger partial charge in [-0.2, -0.15) is 0 Å². The molecule has 0 aliphatic carbocycles. The van der Waals surface area contributed by atoms with Crippen LogP contribution in [0.5, 0.6) is 0 Å². The Hall–Kier alpha value is -1.32. The molecule has 0 aliphatic rings. The molecule has 0 spiro atoms. The van der Waals surface area contributed by atoms with Gasteiger partial charge >= 0.3 is 5.97 Å². The van der Waals surface area contributed by atoms with Gasteiger partial charge in [0.2, 0.25) is 5.91 Å². The topological polar surface area (TPSA) is 80.4 Å². The molecule has 0 aromatic heterocycles. The van der Waals surface area contributed by atoms with Gasteiger partial charge in [0.15, 0.2) is 0 Å². The number of primary amides is 1. The maximum atomic E-state index is 10.4. The SMILES string of the molecule is CC/C(=C/C(=O)O)C(N)=O. The molecule has 10 heavy (non-hydrogen) atoms. The van der Waals surface area contributed by atoms with Crippen molar-refractivity contribution < 1.29 is 14.7 Å². The minimum absolute atomic E-state index is 0.132. The molecule has 0 bridgehead atoms. The third-order valence-corrected chi connectivity index (χ3v) is 0.995. The van der Waals surface area contributed by atoms with Crippen LogP contribution in [0.15, 0.2) is 11.6 Å². The first-order valence-electron chi connectivity index (χ1n) is 2.81. The van der Waals surface area contributed by atoms with Crippen LogP contribution in [0.2, 0.25) is 0 Å². The third-order valence-electron chi connectivity index (χ3n) is 0.995. The summed E-state index contributed by atoms with van der Waals surface area (Å²) < 4.78 is 0. The van der Waals surface area contributed by atoms with Crippen molar-refractivity contribution in [3.05, 3.63) is 11.6 Å². The summed E-state index contributed by atoms with van der Waals surface area (Å²) in [5.74, 6) is -1.82. The molecule has 4 heteroatoms. The Kier molecular flexibility index (Phi) is 3.17. The van der Waals surface area contributed by atoms with Gasteiger partial charge in [-0.15, -0.1) is 0 Å². The standard InChI is InChI=1S/C6H9NO3/c1-2-4(6(7)10)3-5(8)9/h3H,2H2,1H3,(H2,7,10)(H,8,9)/b4-3-. The predicted molar refractivity (Wildman–Crippen MR) is 35.2 cm³/mol. The number of hydrogen-bond acceptors (Lipinski definition) is 2. The van der Waals surface area contributed by atoms with Crippen LogP contribution in [0.3, 0.4) is 0 Å². The Bertz CT molecular complexity index is 183. The molecule has 56 valence electrons. The summed E-state index contributed by atoms with van der Waals surface area (Å²) in [7, 11) is 0.